The van der Waals surface area contributed by atoms with Crippen molar-refractivity contribution < 1.29 is 0 Å². The number of hydrogen-bond donors (Lipinski definition) is 1. The summed E-state index contributed by atoms with van der Waals surface area (Å²) >= 11 is 0. The summed E-state index contributed by atoms with van der Waals surface area (Å²) in [4.78, 5) is 2.64. The maximum absolute atomic E-state index is 3.58. The molecule has 0 radical (unpaired) electrons. The highest BCUT2D eigenvalue weighted by Crippen LogP contribution is 2.26. The largest absolute Gasteiger partial charge is 0.314 e. The Balaban J connectivity index is 2.03. The van der Waals surface area contributed by atoms with Gasteiger partial charge in [0.25, 0.3) is 0 Å². The molecule has 1 aromatic rings. The lowest BCUT2D eigenvalue weighted by atomic mass is 9.84. The lowest BCUT2D eigenvalue weighted by molar-refractivity contribution is 0.139. The van der Waals surface area contributed by atoms with Crippen molar-refractivity contribution in [2.75, 3.05) is 19.6 Å². The van der Waals surface area contributed by atoms with E-state index in [9.17, 15) is 0 Å². The molecule has 1 aromatic carbocycles. The third-order valence-electron chi connectivity index (χ3n) is 4.75. The van der Waals surface area contributed by atoms with Crippen LogP contribution in [-0.2, 0) is 13.0 Å². The molecule has 2 nitrogen and oxygen atoms in total. The van der Waals surface area contributed by atoms with Gasteiger partial charge in [0.15, 0.2) is 0 Å². The number of nitrogens with one attached hydrogen (secondary N) is 1. The van der Waals surface area contributed by atoms with Crippen LogP contribution in [0.1, 0.15) is 45.2 Å². The van der Waals surface area contributed by atoms with Gasteiger partial charge in [-0.2, -0.15) is 0 Å². The summed E-state index contributed by atoms with van der Waals surface area (Å²) in [5, 5.41) is 3.58. The zero-order valence-electron chi connectivity index (χ0n) is 13.6. The second-order valence-electron chi connectivity index (χ2n) is 6.85. The van der Waals surface area contributed by atoms with Gasteiger partial charge in [-0.25, -0.2) is 0 Å². The summed E-state index contributed by atoms with van der Waals surface area (Å²) in [6.07, 6.45) is 2.51. The van der Waals surface area contributed by atoms with Crippen molar-refractivity contribution in [3.05, 3.63) is 35.4 Å². The summed E-state index contributed by atoms with van der Waals surface area (Å²) in [5.74, 6) is 0. The first kappa shape index (κ1) is 15.5. The van der Waals surface area contributed by atoms with E-state index in [0.29, 0.717) is 11.5 Å². The minimum Gasteiger partial charge on any atom is -0.314 e. The van der Waals surface area contributed by atoms with E-state index < -0.39 is 0 Å². The van der Waals surface area contributed by atoms with Crippen molar-refractivity contribution in [3.63, 3.8) is 0 Å². The fraction of sp³-hybridized carbons (Fsp3) is 0.667. The van der Waals surface area contributed by atoms with Gasteiger partial charge >= 0.3 is 0 Å². The zero-order valence-corrected chi connectivity index (χ0v) is 13.6. The average molecular weight is 274 g/mol. The van der Waals surface area contributed by atoms with Gasteiger partial charge in [0.2, 0.25) is 0 Å². The quantitative estimate of drug-likeness (QED) is 0.884. The molecular weight excluding hydrogens is 244 g/mol. The molecule has 20 heavy (non-hydrogen) atoms. The highest BCUT2D eigenvalue weighted by Gasteiger charge is 2.28. The summed E-state index contributed by atoms with van der Waals surface area (Å²) in [6, 6.07) is 9.49. The molecule has 0 fully saturated rings. The van der Waals surface area contributed by atoms with E-state index >= 15 is 0 Å². The van der Waals surface area contributed by atoms with Gasteiger partial charge < -0.3 is 5.32 Å². The number of hydrogen-bond acceptors (Lipinski definition) is 2. The molecule has 1 unspecified atom stereocenters. The Morgan fingerprint density at radius 3 is 2.65 bits per heavy atom. The Hall–Kier alpha value is -0.860. The van der Waals surface area contributed by atoms with Gasteiger partial charge in [-0.1, -0.05) is 45.0 Å². The molecule has 0 aromatic heterocycles. The number of benzene rings is 1. The predicted octanol–water partition coefficient (Wildman–Crippen LogP) is 3.46. The Morgan fingerprint density at radius 2 is 1.95 bits per heavy atom. The summed E-state index contributed by atoms with van der Waals surface area (Å²) in [7, 11) is 0. The Morgan fingerprint density at radius 1 is 1.25 bits per heavy atom. The number of aryl methyl sites for hydroxylation is 1. The fourth-order valence-electron chi connectivity index (χ4n) is 3.20. The van der Waals surface area contributed by atoms with Crippen molar-refractivity contribution >= 4 is 0 Å². The molecule has 2 rings (SSSR count). The molecular formula is C18H30N2. The van der Waals surface area contributed by atoms with Gasteiger partial charge in [0.1, 0.15) is 0 Å². The van der Waals surface area contributed by atoms with Crippen LogP contribution < -0.4 is 5.32 Å². The third-order valence-corrected chi connectivity index (χ3v) is 4.75. The number of fused-ring (bicyclic) bond motifs is 1. The Bertz CT molecular complexity index is 425. The standard InChI is InChI=1S/C18H30N2/c1-5-19-15(2)18(3,4)14-20-12-8-11-16-9-6-7-10-17(16)13-20/h6-7,9-10,15,19H,5,8,11-14H2,1-4H3. The van der Waals surface area contributed by atoms with Crippen LogP contribution in [0.4, 0.5) is 0 Å². The predicted molar refractivity (Wildman–Crippen MR) is 87.0 cm³/mol. The summed E-state index contributed by atoms with van der Waals surface area (Å²) in [5.41, 5.74) is 3.37. The molecule has 1 atom stereocenters. The van der Waals surface area contributed by atoms with Crippen LogP contribution in [-0.4, -0.2) is 30.6 Å². The molecule has 0 saturated heterocycles. The van der Waals surface area contributed by atoms with E-state index in [1.165, 1.54) is 24.9 Å². The van der Waals surface area contributed by atoms with Crippen molar-refractivity contribution in [1.82, 2.24) is 10.2 Å². The first-order valence-electron chi connectivity index (χ1n) is 8.05. The van der Waals surface area contributed by atoms with Crippen LogP contribution in [0.15, 0.2) is 24.3 Å². The van der Waals surface area contributed by atoms with Crippen molar-refractivity contribution in [3.8, 4) is 0 Å². The van der Waals surface area contributed by atoms with E-state index in [-0.39, 0.29) is 0 Å². The van der Waals surface area contributed by atoms with E-state index in [1.54, 1.807) is 5.56 Å². The molecule has 0 spiro atoms. The number of rotatable bonds is 5. The second kappa shape index (κ2) is 6.73. The van der Waals surface area contributed by atoms with E-state index in [1.807, 2.05) is 0 Å². The molecule has 1 aliphatic heterocycles. The third kappa shape index (κ3) is 3.83. The summed E-state index contributed by atoms with van der Waals surface area (Å²) < 4.78 is 0. The Labute approximate surface area is 124 Å². The Kier molecular flexibility index (Phi) is 5.22. The van der Waals surface area contributed by atoms with Crippen LogP contribution in [0, 0.1) is 5.41 Å². The molecule has 0 saturated carbocycles. The van der Waals surface area contributed by atoms with E-state index in [0.717, 1.165) is 19.6 Å². The zero-order chi connectivity index (χ0) is 14.6. The maximum atomic E-state index is 3.58. The SMILES string of the molecule is CCNC(C)C(C)(C)CN1CCCc2ccccc2C1. The molecule has 2 heteroatoms. The molecule has 112 valence electrons. The minimum absolute atomic E-state index is 0.301. The van der Waals surface area contributed by atoms with Crippen molar-refractivity contribution in [1.29, 1.82) is 0 Å². The van der Waals surface area contributed by atoms with Gasteiger partial charge in [-0.15, -0.1) is 0 Å². The minimum atomic E-state index is 0.301. The maximum Gasteiger partial charge on any atom is 0.0236 e. The fourth-order valence-corrected chi connectivity index (χ4v) is 3.20. The summed E-state index contributed by atoms with van der Waals surface area (Å²) in [6.45, 7) is 13.8. The van der Waals surface area contributed by atoms with Gasteiger partial charge in [0, 0.05) is 19.1 Å². The molecule has 1 heterocycles. The first-order chi connectivity index (χ1) is 9.53. The topological polar surface area (TPSA) is 15.3 Å². The van der Waals surface area contributed by atoms with E-state index in [2.05, 4.69) is 62.2 Å². The van der Waals surface area contributed by atoms with Crippen molar-refractivity contribution in [2.45, 2.75) is 53.1 Å². The van der Waals surface area contributed by atoms with E-state index in [4.69, 9.17) is 0 Å². The van der Waals surface area contributed by atoms with Crippen LogP contribution >= 0.6 is 0 Å². The van der Waals surface area contributed by atoms with Gasteiger partial charge in [0.05, 0.1) is 0 Å². The average Bonchev–Trinajstić information content (AvgIpc) is 2.59. The molecule has 1 aliphatic rings. The molecule has 0 amide bonds. The van der Waals surface area contributed by atoms with Gasteiger partial charge in [-0.3, -0.25) is 4.90 Å². The monoisotopic (exact) mass is 274 g/mol. The first-order valence-corrected chi connectivity index (χ1v) is 8.05. The molecule has 0 aliphatic carbocycles. The lowest BCUT2D eigenvalue weighted by Gasteiger charge is -2.37. The van der Waals surface area contributed by atoms with Crippen molar-refractivity contribution in [2.24, 2.45) is 5.41 Å². The highest BCUT2D eigenvalue weighted by atomic mass is 15.1. The molecule has 0 bridgehead atoms. The van der Waals surface area contributed by atoms with Crippen LogP contribution in [0.5, 0.6) is 0 Å². The highest BCUT2D eigenvalue weighted by molar-refractivity contribution is 5.28. The van der Waals surface area contributed by atoms with Crippen LogP contribution in [0.3, 0.4) is 0 Å². The number of nitrogens with zero attached hydrogens (tertiary/aromatic N) is 1. The van der Waals surface area contributed by atoms with Crippen LogP contribution in [0.25, 0.3) is 0 Å². The normalized spacial score (nSPS) is 18.4. The molecule has 1 N–H and O–H groups in total. The lowest BCUT2D eigenvalue weighted by Crippen LogP contribution is -2.46. The van der Waals surface area contributed by atoms with Crippen LogP contribution in [0.2, 0.25) is 0 Å². The second-order valence-corrected chi connectivity index (χ2v) is 6.85. The smallest absolute Gasteiger partial charge is 0.0236 e. The van der Waals surface area contributed by atoms with Gasteiger partial charge in [-0.05, 0) is 49.4 Å².